The average Bonchev–Trinajstić information content (AvgIpc) is 2.82. The van der Waals surface area contributed by atoms with E-state index in [9.17, 15) is 20.7 Å². The molecule has 4 aromatic rings. The van der Waals surface area contributed by atoms with E-state index in [0.717, 1.165) is 45.6 Å². The van der Waals surface area contributed by atoms with Crippen molar-refractivity contribution < 1.29 is 10.2 Å². The Balaban J connectivity index is 1.74. The second-order valence-electron chi connectivity index (χ2n) is 7.93. The molecule has 5 nitrogen and oxygen atoms in total. The van der Waals surface area contributed by atoms with Crippen molar-refractivity contribution in [2.45, 2.75) is 26.4 Å². The van der Waals surface area contributed by atoms with Crippen LogP contribution < -0.4 is 0 Å². The quantitative estimate of drug-likeness (QED) is 0.425. The van der Waals surface area contributed by atoms with Gasteiger partial charge in [0, 0.05) is 24.2 Å². The van der Waals surface area contributed by atoms with Gasteiger partial charge in [-0.2, -0.15) is 10.5 Å². The molecule has 0 heterocycles. The lowest BCUT2D eigenvalue weighted by Gasteiger charge is -2.24. The van der Waals surface area contributed by atoms with E-state index in [-0.39, 0.29) is 11.5 Å². The Bertz CT molecular complexity index is 1290. The number of nitriles is 2. The Kier molecular flexibility index (Phi) is 5.94. The summed E-state index contributed by atoms with van der Waals surface area (Å²) in [5.41, 5.74) is 2.76. The number of phenols is 2. The summed E-state index contributed by atoms with van der Waals surface area (Å²) in [6, 6.07) is 22.2. The zero-order valence-corrected chi connectivity index (χ0v) is 17.8. The maximum atomic E-state index is 10.6. The average molecular weight is 422 g/mol. The van der Waals surface area contributed by atoms with Gasteiger partial charge in [0.2, 0.25) is 0 Å². The van der Waals surface area contributed by atoms with E-state index in [4.69, 9.17) is 0 Å². The van der Waals surface area contributed by atoms with Crippen LogP contribution in [0.2, 0.25) is 0 Å². The van der Waals surface area contributed by atoms with Crippen molar-refractivity contribution in [3.05, 3.63) is 82.9 Å². The molecule has 0 aromatic heterocycles. The van der Waals surface area contributed by atoms with Gasteiger partial charge in [0.05, 0.1) is 23.3 Å². The molecule has 158 valence electrons. The molecule has 0 saturated carbocycles. The van der Waals surface area contributed by atoms with Crippen LogP contribution in [0.5, 0.6) is 11.5 Å². The first kappa shape index (κ1) is 21.2. The normalized spacial score (nSPS) is 11.0. The Labute approximate surface area is 187 Å². The fourth-order valence-corrected chi connectivity index (χ4v) is 4.21. The Morgan fingerprint density at radius 3 is 1.59 bits per heavy atom. The molecule has 32 heavy (non-hydrogen) atoms. The number of hydrogen-bond donors (Lipinski definition) is 2. The van der Waals surface area contributed by atoms with Gasteiger partial charge >= 0.3 is 0 Å². The zero-order valence-electron chi connectivity index (χ0n) is 17.8. The molecular weight excluding hydrogens is 398 g/mol. The van der Waals surface area contributed by atoms with Crippen LogP contribution in [-0.4, -0.2) is 21.7 Å². The summed E-state index contributed by atoms with van der Waals surface area (Å²) in [5.74, 6) is 0.424. The first-order chi connectivity index (χ1) is 15.5. The standard InChI is InChI=1S/C27H23N3O2/c1-2-11-30(16-24-22-7-3-18(14-28)12-20(22)5-9-26(24)31)17-25-23-8-4-19(15-29)13-21(23)6-10-27(25)32/h3-10,12-13,31-32H,2,11,16-17H2,1H3. The minimum absolute atomic E-state index is 0.212. The second kappa shape index (κ2) is 8.98. The van der Waals surface area contributed by atoms with Crippen LogP contribution in [0.15, 0.2) is 60.7 Å². The van der Waals surface area contributed by atoms with E-state index in [1.54, 1.807) is 24.3 Å². The van der Waals surface area contributed by atoms with Crippen molar-refractivity contribution in [3.8, 4) is 23.6 Å². The molecule has 0 fully saturated rings. The van der Waals surface area contributed by atoms with Crippen molar-refractivity contribution in [1.82, 2.24) is 4.90 Å². The largest absolute Gasteiger partial charge is 0.508 e. The van der Waals surface area contributed by atoms with Gasteiger partial charge < -0.3 is 10.2 Å². The maximum absolute atomic E-state index is 10.6. The third-order valence-electron chi connectivity index (χ3n) is 5.77. The molecule has 0 radical (unpaired) electrons. The number of fused-ring (bicyclic) bond motifs is 2. The Morgan fingerprint density at radius 1 is 0.719 bits per heavy atom. The van der Waals surface area contributed by atoms with Gasteiger partial charge in [-0.3, -0.25) is 4.90 Å². The summed E-state index contributed by atoms with van der Waals surface area (Å²) < 4.78 is 0. The lowest BCUT2D eigenvalue weighted by molar-refractivity contribution is 0.252. The molecule has 0 spiro atoms. The van der Waals surface area contributed by atoms with Gasteiger partial charge in [-0.15, -0.1) is 0 Å². The van der Waals surface area contributed by atoms with Gasteiger partial charge in [-0.05, 0) is 70.9 Å². The summed E-state index contributed by atoms with van der Waals surface area (Å²) in [7, 11) is 0. The summed E-state index contributed by atoms with van der Waals surface area (Å²) in [5, 5.41) is 43.3. The molecule has 0 aliphatic heterocycles. The highest BCUT2D eigenvalue weighted by molar-refractivity contribution is 5.89. The van der Waals surface area contributed by atoms with Crippen molar-refractivity contribution in [1.29, 1.82) is 10.5 Å². The molecular formula is C27H23N3O2. The van der Waals surface area contributed by atoms with Crippen molar-refractivity contribution in [3.63, 3.8) is 0 Å². The topological polar surface area (TPSA) is 91.3 Å². The highest BCUT2D eigenvalue weighted by Crippen LogP contribution is 2.32. The third-order valence-corrected chi connectivity index (χ3v) is 5.77. The minimum Gasteiger partial charge on any atom is -0.508 e. The highest BCUT2D eigenvalue weighted by atomic mass is 16.3. The number of benzene rings is 4. The Morgan fingerprint density at radius 2 is 1.19 bits per heavy atom. The van der Waals surface area contributed by atoms with Crippen molar-refractivity contribution in [2.75, 3.05) is 6.54 Å². The summed E-state index contributed by atoms with van der Waals surface area (Å²) >= 11 is 0. The maximum Gasteiger partial charge on any atom is 0.120 e. The number of aromatic hydroxyl groups is 2. The van der Waals surface area contributed by atoms with Crippen LogP contribution in [-0.2, 0) is 13.1 Å². The van der Waals surface area contributed by atoms with Crippen LogP contribution in [0, 0.1) is 22.7 Å². The van der Waals surface area contributed by atoms with E-state index in [1.807, 2.05) is 36.4 Å². The predicted molar refractivity (Wildman–Crippen MR) is 125 cm³/mol. The molecule has 0 atom stereocenters. The summed E-state index contributed by atoms with van der Waals surface area (Å²) in [6.07, 6.45) is 0.911. The van der Waals surface area contributed by atoms with Gasteiger partial charge in [0.15, 0.2) is 0 Å². The van der Waals surface area contributed by atoms with Crippen molar-refractivity contribution >= 4 is 21.5 Å². The predicted octanol–water partition coefficient (Wildman–Crippen LogP) is 5.56. The number of nitrogens with zero attached hydrogens (tertiary/aromatic N) is 3. The zero-order chi connectivity index (χ0) is 22.7. The summed E-state index contributed by atoms with van der Waals surface area (Å²) in [4.78, 5) is 2.19. The van der Waals surface area contributed by atoms with Crippen LogP contribution >= 0.6 is 0 Å². The molecule has 4 rings (SSSR count). The second-order valence-corrected chi connectivity index (χ2v) is 7.93. The van der Waals surface area contributed by atoms with Crippen LogP contribution in [0.3, 0.4) is 0 Å². The van der Waals surface area contributed by atoms with Gasteiger partial charge in [0.25, 0.3) is 0 Å². The molecule has 5 heteroatoms. The van der Waals surface area contributed by atoms with Gasteiger partial charge in [-0.25, -0.2) is 0 Å². The molecule has 0 amide bonds. The van der Waals surface area contributed by atoms with Crippen molar-refractivity contribution in [2.24, 2.45) is 0 Å². The van der Waals surface area contributed by atoms with Crippen LogP contribution in [0.25, 0.3) is 21.5 Å². The van der Waals surface area contributed by atoms with E-state index in [2.05, 4.69) is 24.0 Å². The van der Waals surface area contributed by atoms with Gasteiger partial charge in [0.1, 0.15) is 11.5 Å². The molecule has 4 aromatic carbocycles. The monoisotopic (exact) mass is 421 g/mol. The van der Waals surface area contributed by atoms with Crippen LogP contribution in [0.1, 0.15) is 35.6 Å². The minimum atomic E-state index is 0.212. The van der Waals surface area contributed by atoms with E-state index in [1.165, 1.54) is 0 Å². The first-order valence-corrected chi connectivity index (χ1v) is 10.6. The highest BCUT2D eigenvalue weighted by Gasteiger charge is 2.16. The van der Waals surface area contributed by atoms with Crippen LogP contribution in [0.4, 0.5) is 0 Å². The lowest BCUT2D eigenvalue weighted by atomic mass is 9.99. The SMILES string of the molecule is CCCN(Cc1c(O)ccc2cc(C#N)ccc12)Cc1c(O)ccc2cc(C#N)ccc12. The molecule has 0 bridgehead atoms. The first-order valence-electron chi connectivity index (χ1n) is 10.6. The van der Waals surface area contributed by atoms with E-state index >= 15 is 0 Å². The molecule has 0 saturated heterocycles. The number of hydrogen-bond acceptors (Lipinski definition) is 5. The molecule has 0 aliphatic rings. The Hall–Kier alpha value is -4.06. The van der Waals surface area contributed by atoms with E-state index in [0.29, 0.717) is 24.2 Å². The molecule has 2 N–H and O–H groups in total. The number of phenolic OH excluding ortho intramolecular Hbond substituents is 2. The fraction of sp³-hybridized carbons (Fsp3) is 0.185. The summed E-state index contributed by atoms with van der Waals surface area (Å²) in [6.45, 7) is 3.86. The third kappa shape index (κ3) is 4.07. The van der Waals surface area contributed by atoms with Gasteiger partial charge in [-0.1, -0.05) is 31.2 Å². The number of rotatable bonds is 6. The smallest absolute Gasteiger partial charge is 0.120 e. The van der Waals surface area contributed by atoms with E-state index < -0.39 is 0 Å². The lowest BCUT2D eigenvalue weighted by Crippen LogP contribution is -2.24. The fourth-order valence-electron chi connectivity index (χ4n) is 4.21. The molecule has 0 unspecified atom stereocenters. The molecule has 0 aliphatic carbocycles.